The van der Waals surface area contributed by atoms with Crippen molar-refractivity contribution in [1.29, 1.82) is 0 Å². The molecule has 0 aliphatic carbocycles. The van der Waals surface area contributed by atoms with E-state index in [4.69, 9.17) is 5.73 Å². The first-order chi connectivity index (χ1) is 10.0. The number of carbonyl (C=O) groups is 1. The van der Waals surface area contributed by atoms with Gasteiger partial charge < -0.3 is 16.2 Å². The summed E-state index contributed by atoms with van der Waals surface area (Å²) in [6, 6.07) is 7.75. The van der Waals surface area contributed by atoms with Crippen molar-refractivity contribution >= 4 is 5.91 Å². The molecule has 21 heavy (non-hydrogen) atoms. The fourth-order valence-corrected chi connectivity index (χ4v) is 1.89. The van der Waals surface area contributed by atoms with Crippen LogP contribution >= 0.6 is 0 Å². The van der Waals surface area contributed by atoms with Crippen molar-refractivity contribution in [3.63, 3.8) is 0 Å². The average Bonchev–Trinajstić information content (AvgIpc) is 2.47. The summed E-state index contributed by atoms with van der Waals surface area (Å²) in [5.41, 5.74) is 7.51. The molecule has 0 aliphatic rings. The number of aromatic hydroxyl groups is 1. The summed E-state index contributed by atoms with van der Waals surface area (Å²) in [4.78, 5) is 20.1. The molecular formula is C15H18N4O2. The minimum Gasteiger partial charge on any atom is -0.508 e. The highest BCUT2D eigenvalue weighted by atomic mass is 16.3. The minimum atomic E-state index is -0.641. The molecular weight excluding hydrogens is 268 g/mol. The summed E-state index contributed by atoms with van der Waals surface area (Å²) < 4.78 is 0. The molecule has 1 heterocycles. The van der Waals surface area contributed by atoms with Gasteiger partial charge in [-0.3, -0.25) is 4.79 Å². The normalized spacial score (nSPS) is 11.9. The highest BCUT2D eigenvalue weighted by Gasteiger charge is 2.14. The first kappa shape index (κ1) is 14.9. The second-order valence-electron chi connectivity index (χ2n) is 4.79. The Bertz CT molecular complexity index is 613. The summed E-state index contributed by atoms with van der Waals surface area (Å²) in [5, 5.41) is 12.0. The number of hydrogen-bond donors (Lipinski definition) is 3. The van der Waals surface area contributed by atoms with Gasteiger partial charge in [0.1, 0.15) is 11.6 Å². The molecule has 0 aliphatic heterocycles. The van der Waals surface area contributed by atoms with Gasteiger partial charge in [-0.25, -0.2) is 9.97 Å². The summed E-state index contributed by atoms with van der Waals surface area (Å²) in [7, 11) is 0. The van der Waals surface area contributed by atoms with Gasteiger partial charge in [-0.1, -0.05) is 12.1 Å². The Balaban J connectivity index is 1.86. The third-order valence-electron chi connectivity index (χ3n) is 3.01. The number of nitrogens with one attached hydrogen (secondary N) is 1. The average molecular weight is 286 g/mol. The summed E-state index contributed by atoms with van der Waals surface area (Å²) >= 11 is 0. The van der Waals surface area contributed by atoms with Crippen LogP contribution in [0.15, 0.2) is 36.5 Å². The second-order valence-corrected chi connectivity index (χ2v) is 4.79. The maximum atomic E-state index is 11.9. The number of benzene rings is 1. The molecule has 0 fully saturated rings. The van der Waals surface area contributed by atoms with Crippen LogP contribution in [-0.2, 0) is 17.8 Å². The number of nitrogens with two attached hydrogens (primary N) is 1. The van der Waals surface area contributed by atoms with Gasteiger partial charge in [0.2, 0.25) is 5.91 Å². The molecule has 0 saturated heterocycles. The van der Waals surface area contributed by atoms with Crippen LogP contribution in [0.5, 0.6) is 5.75 Å². The SMILES string of the molecule is Cc1nccc(CNC(=O)C(N)Cc2ccc(O)cc2)n1. The lowest BCUT2D eigenvalue weighted by Gasteiger charge is -2.12. The predicted octanol–water partition coefficient (Wildman–Crippen LogP) is 0.677. The Morgan fingerprint density at radius 2 is 2.05 bits per heavy atom. The van der Waals surface area contributed by atoms with Crippen LogP contribution in [0.25, 0.3) is 0 Å². The van der Waals surface area contributed by atoms with Crippen LogP contribution in [0.2, 0.25) is 0 Å². The van der Waals surface area contributed by atoms with E-state index in [-0.39, 0.29) is 11.7 Å². The number of phenolic OH excluding ortho intramolecular Hbond substituents is 1. The number of amides is 1. The molecule has 1 unspecified atom stereocenters. The summed E-state index contributed by atoms with van der Waals surface area (Å²) in [5.74, 6) is 0.616. The maximum Gasteiger partial charge on any atom is 0.237 e. The van der Waals surface area contributed by atoms with Gasteiger partial charge in [0.25, 0.3) is 0 Å². The number of hydrogen-bond acceptors (Lipinski definition) is 5. The number of aromatic nitrogens is 2. The molecule has 0 radical (unpaired) electrons. The van der Waals surface area contributed by atoms with E-state index in [1.807, 2.05) is 0 Å². The predicted molar refractivity (Wildman–Crippen MR) is 78.4 cm³/mol. The largest absolute Gasteiger partial charge is 0.508 e. The lowest BCUT2D eigenvalue weighted by atomic mass is 10.1. The summed E-state index contributed by atoms with van der Waals surface area (Å²) in [6.07, 6.45) is 2.06. The Morgan fingerprint density at radius 1 is 1.33 bits per heavy atom. The second kappa shape index (κ2) is 6.81. The van der Waals surface area contributed by atoms with Gasteiger partial charge in [0.05, 0.1) is 18.3 Å². The maximum absolute atomic E-state index is 11.9. The third kappa shape index (κ3) is 4.54. The van der Waals surface area contributed by atoms with E-state index in [1.54, 1.807) is 43.5 Å². The molecule has 0 bridgehead atoms. The van der Waals surface area contributed by atoms with Gasteiger partial charge in [-0.2, -0.15) is 0 Å². The highest BCUT2D eigenvalue weighted by molar-refractivity contribution is 5.81. The Labute approximate surface area is 123 Å². The number of rotatable bonds is 5. The van der Waals surface area contributed by atoms with Crippen LogP contribution in [0.3, 0.4) is 0 Å². The standard InChI is InChI=1S/C15H18N4O2/c1-10-17-7-6-12(19-10)9-18-15(21)14(16)8-11-2-4-13(20)5-3-11/h2-7,14,20H,8-9,16H2,1H3,(H,18,21). The fourth-order valence-electron chi connectivity index (χ4n) is 1.89. The molecule has 4 N–H and O–H groups in total. The molecule has 0 saturated carbocycles. The zero-order chi connectivity index (χ0) is 15.2. The van der Waals surface area contributed by atoms with Gasteiger partial charge in [0.15, 0.2) is 0 Å². The van der Waals surface area contributed by atoms with Crippen molar-refractivity contribution in [1.82, 2.24) is 15.3 Å². The third-order valence-corrected chi connectivity index (χ3v) is 3.01. The van der Waals surface area contributed by atoms with Crippen LogP contribution in [0, 0.1) is 6.92 Å². The molecule has 0 spiro atoms. The zero-order valence-electron chi connectivity index (χ0n) is 11.8. The van der Waals surface area contributed by atoms with Gasteiger partial charge in [-0.15, -0.1) is 0 Å². The molecule has 110 valence electrons. The van der Waals surface area contributed by atoms with Gasteiger partial charge >= 0.3 is 0 Å². The molecule has 2 aromatic rings. The molecule has 6 heteroatoms. The molecule has 1 aromatic carbocycles. The van der Waals surface area contributed by atoms with E-state index in [0.717, 1.165) is 11.3 Å². The highest BCUT2D eigenvalue weighted by Crippen LogP contribution is 2.10. The lowest BCUT2D eigenvalue weighted by Crippen LogP contribution is -2.41. The van der Waals surface area contributed by atoms with Crippen molar-refractivity contribution in [3.8, 4) is 5.75 Å². The topological polar surface area (TPSA) is 101 Å². The first-order valence-electron chi connectivity index (χ1n) is 6.64. The van der Waals surface area contributed by atoms with Crippen LogP contribution in [-0.4, -0.2) is 27.0 Å². The first-order valence-corrected chi connectivity index (χ1v) is 6.64. The van der Waals surface area contributed by atoms with E-state index >= 15 is 0 Å². The zero-order valence-corrected chi connectivity index (χ0v) is 11.8. The molecule has 1 amide bonds. The van der Waals surface area contributed by atoms with Gasteiger partial charge in [0, 0.05) is 6.20 Å². The van der Waals surface area contributed by atoms with Gasteiger partial charge in [-0.05, 0) is 37.1 Å². The molecule has 1 aromatic heterocycles. The van der Waals surface area contributed by atoms with Crippen molar-refractivity contribution < 1.29 is 9.90 Å². The quantitative estimate of drug-likeness (QED) is 0.750. The van der Waals surface area contributed by atoms with E-state index in [2.05, 4.69) is 15.3 Å². The number of carbonyl (C=O) groups excluding carboxylic acids is 1. The van der Waals surface area contributed by atoms with E-state index in [1.165, 1.54) is 0 Å². The summed E-state index contributed by atoms with van der Waals surface area (Å²) in [6.45, 7) is 2.12. The lowest BCUT2D eigenvalue weighted by molar-refractivity contribution is -0.122. The number of aryl methyl sites for hydroxylation is 1. The van der Waals surface area contributed by atoms with Crippen LogP contribution < -0.4 is 11.1 Å². The van der Waals surface area contributed by atoms with E-state index in [9.17, 15) is 9.90 Å². The van der Waals surface area contributed by atoms with Crippen LogP contribution in [0.1, 0.15) is 17.1 Å². The fraction of sp³-hybridized carbons (Fsp3) is 0.267. The van der Waals surface area contributed by atoms with Crippen molar-refractivity contribution in [2.75, 3.05) is 0 Å². The Morgan fingerprint density at radius 3 is 2.71 bits per heavy atom. The van der Waals surface area contributed by atoms with Crippen molar-refractivity contribution in [2.45, 2.75) is 25.9 Å². The van der Waals surface area contributed by atoms with Crippen LogP contribution in [0.4, 0.5) is 0 Å². The Kier molecular flexibility index (Phi) is 4.84. The van der Waals surface area contributed by atoms with Crippen molar-refractivity contribution in [3.05, 3.63) is 53.6 Å². The van der Waals surface area contributed by atoms with Crippen molar-refractivity contribution in [2.24, 2.45) is 5.73 Å². The van der Waals surface area contributed by atoms with E-state index in [0.29, 0.717) is 18.8 Å². The molecule has 1 atom stereocenters. The Hall–Kier alpha value is -2.47. The minimum absolute atomic E-state index is 0.191. The smallest absolute Gasteiger partial charge is 0.237 e. The number of nitrogens with zero attached hydrogens (tertiary/aromatic N) is 2. The molecule has 2 rings (SSSR count). The molecule has 6 nitrogen and oxygen atoms in total. The monoisotopic (exact) mass is 286 g/mol. The number of phenols is 1. The van der Waals surface area contributed by atoms with E-state index < -0.39 is 6.04 Å².